The minimum absolute atomic E-state index is 0.0333. The van der Waals surface area contributed by atoms with Crippen molar-refractivity contribution in [2.24, 2.45) is 0 Å². The van der Waals surface area contributed by atoms with Crippen LogP contribution >= 0.6 is 0 Å². The number of carbonyl (C=O) groups is 2. The summed E-state index contributed by atoms with van der Waals surface area (Å²) in [4.78, 5) is 27.7. The predicted molar refractivity (Wildman–Crippen MR) is 175 cm³/mol. The summed E-state index contributed by atoms with van der Waals surface area (Å²) in [6, 6.07) is 27.2. The zero-order chi connectivity index (χ0) is 30.2. The van der Waals surface area contributed by atoms with Crippen molar-refractivity contribution >= 4 is 33.6 Å². The molecule has 1 saturated carbocycles. The fraction of sp³-hybridized carbons (Fsp3) is 0.316. The van der Waals surface area contributed by atoms with Crippen LogP contribution in [-0.4, -0.2) is 52.8 Å². The number of benzene rings is 4. The third kappa shape index (κ3) is 5.39. The van der Waals surface area contributed by atoms with E-state index in [1.54, 1.807) is 12.1 Å². The Bertz CT molecular complexity index is 1880. The molecule has 1 saturated heterocycles. The van der Waals surface area contributed by atoms with Gasteiger partial charge >= 0.3 is 5.97 Å². The SMILES string of the molecule is Cc1cccc(-c2ccc3cc(-c4c(C5CCCCC5)c5ccc(C(=O)O)cc5n4CC(=O)N4CCOCC4)ccc3c2)c1. The Kier molecular flexibility index (Phi) is 7.69. The lowest BCUT2D eigenvalue weighted by Gasteiger charge is -2.28. The molecule has 1 aliphatic carbocycles. The molecule has 5 aromatic rings. The molecular formula is C38H38N2O4. The van der Waals surface area contributed by atoms with Crippen molar-refractivity contribution in [2.75, 3.05) is 26.3 Å². The van der Waals surface area contributed by atoms with Crippen LogP contribution in [0.1, 0.15) is 59.5 Å². The number of aromatic nitrogens is 1. The first-order chi connectivity index (χ1) is 21.5. The number of aryl methyl sites for hydroxylation is 1. The molecule has 44 heavy (non-hydrogen) atoms. The van der Waals surface area contributed by atoms with Gasteiger partial charge in [-0.2, -0.15) is 0 Å². The topological polar surface area (TPSA) is 71.8 Å². The zero-order valence-electron chi connectivity index (χ0n) is 25.2. The molecule has 0 unspecified atom stereocenters. The summed E-state index contributed by atoms with van der Waals surface area (Å²) in [5.41, 5.74) is 8.02. The number of nitrogens with zero attached hydrogens (tertiary/aromatic N) is 2. The monoisotopic (exact) mass is 586 g/mol. The van der Waals surface area contributed by atoms with Gasteiger partial charge in [0.25, 0.3) is 0 Å². The number of aromatic carboxylic acids is 1. The largest absolute Gasteiger partial charge is 0.478 e. The average Bonchev–Trinajstić information content (AvgIpc) is 3.38. The summed E-state index contributed by atoms with van der Waals surface area (Å²) in [5, 5.41) is 13.3. The lowest BCUT2D eigenvalue weighted by atomic mass is 9.81. The summed E-state index contributed by atoms with van der Waals surface area (Å²) in [6.45, 7) is 4.49. The molecule has 7 rings (SSSR count). The first-order valence-electron chi connectivity index (χ1n) is 15.8. The highest BCUT2D eigenvalue weighted by Gasteiger charge is 2.29. The van der Waals surface area contributed by atoms with Crippen molar-refractivity contribution in [1.29, 1.82) is 0 Å². The number of carbonyl (C=O) groups excluding carboxylic acids is 1. The molecule has 0 atom stereocenters. The maximum absolute atomic E-state index is 13.7. The number of carboxylic acid groups (broad SMARTS) is 1. The fourth-order valence-electron chi connectivity index (χ4n) is 7.23. The van der Waals surface area contributed by atoms with Crippen LogP contribution in [0.3, 0.4) is 0 Å². The van der Waals surface area contributed by atoms with Crippen LogP contribution in [0.15, 0.2) is 78.9 Å². The van der Waals surface area contributed by atoms with E-state index in [-0.39, 0.29) is 18.0 Å². The number of amides is 1. The summed E-state index contributed by atoms with van der Waals surface area (Å²) >= 11 is 0. The third-order valence-electron chi connectivity index (χ3n) is 9.49. The minimum Gasteiger partial charge on any atom is -0.478 e. The number of rotatable bonds is 6. The van der Waals surface area contributed by atoms with E-state index in [2.05, 4.69) is 72.2 Å². The van der Waals surface area contributed by atoms with Gasteiger partial charge in [-0.3, -0.25) is 4.79 Å². The number of morpholine rings is 1. The van der Waals surface area contributed by atoms with Gasteiger partial charge in [-0.25, -0.2) is 4.79 Å². The van der Waals surface area contributed by atoms with E-state index < -0.39 is 5.97 Å². The van der Waals surface area contributed by atoms with Crippen molar-refractivity contribution in [3.05, 3.63) is 95.6 Å². The van der Waals surface area contributed by atoms with Gasteiger partial charge in [0, 0.05) is 18.5 Å². The zero-order valence-corrected chi connectivity index (χ0v) is 25.2. The number of hydrogen-bond acceptors (Lipinski definition) is 3. The third-order valence-corrected chi connectivity index (χ3v) is 9.49. The highest BCUT2D eigenvalue weighted by atomic mass is 16.5. The Morgan fingerprint density at radius 3 is 2.25 bits per heavy atom. The van der Waals surface area contributed by atoms with Crippen molar-refractivity contribution in [2.45, 2.75) is 51.5 Å². The van der Waals surface area contributed by atoms with Crippen molar-refractivity contribution in [3.63, 3.8) is 0 Å². The van der Waals surface area contributed by atoms with E-state index >= 15 is 0 Å². The van der Waals surface area contributed by atoms with Crippen molar-refractivity contribution in [1.82, 2.24) is 9.47 Å². The Hall–Kier alpha value is -4.42. The average molecular weight is 587 g/mol. The lowest BCUT2D eigenvalue weighted by Crippen LogP contribution is -2.42. The maximum Gasteiger partial charge on any atom is 0.335 e. The molecule has 4 aromatic carbocycles. The van der Waals surface area contributed by atoms with Gasteiger partial charge in [-0.05, 0) is 83.0 Å². The van der Waals surface area contributed by atoms with Crippen LogP contribution < -0.4 is 0 Å². The highest BCUT2D eigenvalue weighted by molar-refractivity contribution is 6.00. The van der Waals surface area contributed by atoms with Gasteiger partial charge in [0.2, 0.25) is 5.91 Å². The van der Waals surface area contributed by atoms with Gasteiger partial charge in [0.1, 0.15) is 6.54 Å². The summed E-state index contributed by atoms with van der Waals surface area (Å²) in [6.07, 6.45) is 5.78. The molecular weight excluding hydrogens is 548 g/mol. The normalized spacial score (nSPS) is 16.1. The molecule has 1 N–H and O–H groups in total. The van der Waals surface area contributed by atoms with E-state index in [0.717, 1.165) is 45.8 Å². The van der Waals surface area contributed by atoms with Gasteiger partial charge in [-0.1, -0.05) is 79.4 Å². The van der Waals surface area contributed by atoms with Crippen LogP contribution in [0.5, 0.6) is 0 Å². The molecule has 2 fully saturated rings. The molecule has 2 heterocycles. The van der Waals surface area contributed by atoms with E-state index in [9.17, 15) is 14.7 Å². The van der Waals surface area contributed by atoms with E-state index in [1.807, 2.05) is 11.0 Å². The molecule has 1 amide bonds. The number of hydrogen-bond donors (Lipinski definition) is 1. The number of fused-ring (bicyclic) bond motifs is 2. The second kappa shape index (κ2) is 11.9. The molecule has 0 bridgehead atoms. The maximum atomic E-state index is 13.7. The van der Waals surface area contributed by atoms with E-state index in [1.165, 1.54) is 41.5 Å². The number of carboxylic acids is 1. The molecule has 6 nitrogen and oxygen atoms in total. The molecule has 0 radical (unpaired) electrons. The Morgan fingerprint density at radius 2 is 1.52 bits per heavy atom. The predicted octanol–water partition coefficient (Wildman–Crippen LogP) is 8.04. The second-order valence-electron chi connectivity index (χ2n) is 12.4. The summed E-state index contributed by atoms with van der Waals surface area (Å²) < 4.78 is 7.61. The Morgan fingerprint density at radius 1 is 0.818 bits per heavy atom. The molecule has 6 heteroatoms. The first kappa shape index (κ1) is 28.4. The molecule has 224 valence electrons. The van der Waals surface area contributed by atoms with Crippen molar-refractivity contribution < 1.29 is 19.4 Å². The minimum atomic E-state index is -0.963. The Labute approximate surface area is 257 Å². The van der Waals surface area contributed by atoms with Crippen LogP contribution in [0, 0.1) is 6.92 Å². The second-order valence-corrected chi connectivity index (χ2v) is 12.4. The molecule has 2 aliphatic rings. The van der Waals surface area contributed by atoms with Crippen LogP contribution in [-0.2, 0) is 16.1 Å². The van der Waals surface area contributed by atoms with Crippen molar-refractivity contribution in [3.8, 4) is 22.4 Å². The number of ether oxygens (including phenoxy) is 1. The molecule has 0 spiro atoms. The smallest absolute Gasteiger partial charge is 0.335 e. The first-order valence-corrected chi connectivity index (χ1v) is 15.8. The van der Waals surface area contributed by atoms with Gasteiger partial charge < -0.3 is 19.3 Å². The van der Waals surface area contributed by atoms with Crippen LogP contribution in [0.25, 0.3) is 44.1 Å². The quantitative estimate of drug-likeness (QED) is 0.219. The van der Waals surface area contributed by atoms with E-state index in [0.29, 0.717) is 32.2 Å². The lowest BCUT2D eigenvalue weighted by molar-refractivity contribution is -0.135. The Balaban J connectivity index is 1.41. The van der Waals surface area contributed by atoms with E-state index in [4.69, 9.17) is 4.74 Å². The van der Waals surface area contributed by atoms with Gasteiger partial charge in [0.15, 0.2) is 0 Å². The highest BCUT2D eigenvalue weighted by Crippen LogP contribution is 2.45. The fourth-order valence-corrected chi connectivity index (χ4v) is 7.23. The van der Waals surface area contributed by atoms with Crippen LogP contribution in [0.2, 0.25) is 0 Å². The summed E-state index contributed by atoms with van der Waals surface area (Å²) in [7, 11) is 0. The van der Waals surface area contributed by atoms with Gasteiger partial charge in [-0.15, -0.1) is 0 Å². The molecule has 1 aliphatic heterocycles. The standard InChI is InChI=1S/C38H38N2O4/c1-25-6-5-9-27(20-25)28-10-11-30-22-31(13-12-29(30)21-28)37-36(26-7-3-2-4-8-26)33-15-14-32(38(42)43)23-34(33)40(37)24-35(41)39-16-18-44-19-17-39/h5-6,9-15,20-23,26H,2-4,7-8,16-19,24H2,1H3,(H,42,43). The van der Waals surface area contributed by atoms with Crippen LogP contribution in [0.4, 0.5) is 0 Å². The van der Waals surface area contributed by atoms with Gasteiger partial charge in [0.05, 0.1) is 30.0 Å². The molecule has 1 aromatic heterocycles. The summed E-state index contributed by atoms with van der Waals surface area (Å²) in [5.74, 6) is -0.572.